The van der Waals surface area contributed by atoms with E-state index in [1.165, 1.54) is 212 Å². The molecule has 12 N–H and O–H groups in total. The summed E-state index contributed by atoms with van der Waals surface area (Å²) in [4.78, 5) is 13.4. The predicted molar refractivity (Wildman–Crippen MR) is 346 cm³/mol. The number of amides is 1. The van der Waals surface area contributed by atoms with Crippen LogP contribution in [0.3, 0.4) is 0 Å². The van der Waals surface area contributed by atoms with Crippen LogP contribution in [-0.2, 0) is 33.2 Å². The number of unbranched alkanes of at least 4 members (excludes halogenated alkanes) is 38. The standard InChI is InChI=1S/C70H131NO18/c1-3-5-7-9-11-13-15-16-17-18-19-20-21-22-23-24-25-26-27-28-29-30-31-32-33-34-35-36-38-40-42-44-46-48-58(76)71-53(54(75)47-45-43-41-39-37-14-12-10-8-6-4-2)52-84-68-64(82)61(79)66(56(50-73)86-68)89-70-65(83)62(80)67(57(51-74)87-70)88-69-63(81)60(78)59(77)55(49-72)85-69/h37,39,45,47,53-57,59-70,72-75,77-83H,3-36,38,40-44,46,48-52H2,1-2H3,(H,71,76)/b39-37+,47-45+. The summed E-state index contributed by atoms with van der Waals surface area (Å²) in [7, 11) is 0. The second-order valence-electron chi connectivity index (χ2n) is 26.1. The number of rotatable bonds is 56. The lowest BCUT2D eigenvalue weighted by molar-refractivity contribution is -0.379. The van der Waals surface area contributed by atoms with Crippen LogP contribution >= 0.6 is 0 Å². The van der Waals surface area contributed by atoms with Gasteiger partial charge in [0.15, 0.2) is 18.9 Å². The largest absolute Gasteiger partial charge is 0.394 e. The van der Waals surface area contributed by atoms with Crippen LogP contribution in [0, 0.1) is 0 Å². The van der Waals surface area contributed by atoms with Crippen LogP contribution in [0.4, 0.5) is 0 Å². The predicted octanol–water partition coefficient (Wildman–Crippen LogP) is 9.83. The molecule has 17 atom stereocenters. The molecule has 0 spiro atoms. The average molecular weight is 1270 g/mol. The van der Waals surface area contributed by atoms with Crippen molar-refractivity contribution in [3.05, 3.63) is 24.3 Å². The number of ether oxygens (including phenoxy) is 6. The number of hydrogen-bond donors (Lipinski definition) is 12. The molecule has 524 valence electrons. The lowest BCUT2D eigenvalue weighted by Gasteiger charge is -2.48. The molecule has 0 aromatic carbocycles. The van der Waals surface area contributed by atoms with E-state index in [2.05, 4.69) is 31.3 Å². The van der Waals surface area contributed by atoms with Crippen molar-refractivity contribution < 1.29 is 89.4 Å². The van der Waals surface area contributed by atoms with E-state index in [1.807, 2.05) is 6.08 Å². The Bertz CT molecular complexity index is 1710. The maximum Gasteiger partial charge on any atom is 0.220 e. The Morgan fingerprint density at radius 3 is 1.12 bits per heavy atom. The molecule has 0 saturated carbocycles. The molecule has 0 bridgehead atoms. The number of nitrogens with one attached hydrogen (secondary N) is 1. The first-order valence-corrected chi connectivity index (χ1v) is 36.1. The fourth-order valence-electron chi connectivity index (χ4n) is 12.4. The van der Waals surface area contributed by atoms with Gasteiger partial charge in [-0.25, -0.2) is 0 Å². The van der Waals surface area contributed by atoms with E-state index in [4.69, 9.17) is 28.4 Å². The van der Waals surface area contributed by atoms with Gasteiger partial charge in [-0.05, 0) is 32.1 Å². The molecule has 3 saturated heterocycles. The number of carbonyl (C=O) groups excluding carboxylic acids is 1. The van der Waals surface area contributed by atoms with E-state index < -0.39 is 124 Å². The monoisotopic (exact) mass is 1270 g/mol. The van der Waals surface area contributed by atoms with Crippen LogP contribution in [0.2, 0.25) is 0 Å². The number of carbonyl (C=O) groups is 1. The highest BCUT2D eigenvalue weighted by molar-refractivity contribution is 5.76. The van der Waals surface area contributed by atoms with E-state index in [0.29, 0.717) is 12.8 Å². The second kappa shape index (κ2) is 52.5. The van der Waals surface area contributed by atoms with Crippen molar-refractivity contribution in [1.82, 2.24) is 5.32 Å². The lowest BCUT2D eigenvalue weighted by atomic mass is 9.96. The highest BCUT2D eigenvalue weighted by Gasteiger charge is 2.53. The van der Waals surface area contributed by atoms with Crippen LogP contribution in [-0.4, -0.2) is 193 Å². The first-order valence-electron chi connectivity index (χ1n) is 36.1. The molecule has 0 aromatic heterocycles. The van der Waals surface area contributed by atoms with Gasteiger partial charge in [0.25, 0.3) is 0 Å². The molecule has 0 aliphatic carbocycles. The molecular formula is C70H131NO18. The van der Waals surface area contributed by atoms with Gasteiger partial charge < -0.3 is 89.9 Å². The molecule has 3 aliphatic rings. The number of allylic oxidation sites excluding steroid dienone is 3. The fourth-order valence-corrected chi connectivity index (χ4v) is 12.4. The maximum absolute atomic E-state index is 13.4. The van der Waals surface area contributed by atoms with Crippen molar-refractivity contribution in [3.8, 4) is 0 Å². The van der Waals surface area contributed by atoms with Crippen molar-refractivity contribution in [2.24, 2.45) is 0 Å². The Hall–Kier alpha value is -1.73. The van der Waals surface area contributed by atoms with Crippen molar-refractivity contribution in [1.29, 1.82) is 0 Å². The summed E-state index contributed by atoms with van der Waals surface area (Å²) in [6, 6.07) is -0.985. The van der Waals surface area contributed by atoms with E-state index >= 15 is 0 Å². The highest BCUT2D eigenvalue weighted by Crippen LogP contribution is 2.33. The van der Waals surface area contributed by atoms with Crippen LogP contribution in [0.1, 0.15) is 284 Å². The average Bonchev–Trinajstić information content (AvgIpc) is 1.35. The Morgan fingerprint density at radius 2 is 0.719 bits per heavy atom. The third-order valence-corrected chi connectivity index (χ3v) is 18.3. The van der Waals surface area contributed by atoms with Crippen molar-refractivity contribution in [2.45, 2.75) is 388 Å². The van der Waals surface area contributed by atoms with Crippen molar-refractivity contribution in [2.75, 3.05) is 26.4 Å². The Kier molecular flexibility index (Phi) is 48.1. The van der Waals surface area contributed by atoms with Gasteiger partial charge >= 0.3 is 0 Å². The van der Waals surface area contributed by atoms with E-state index in [9.17, 15) is 61.0 Å². The Balaban J connectivity index is 1.32. The summed E-state index contributed by atoms with van der Waals surface area (Å²) in [5, 5.41) is 120. The smallest absolute Gasteiger partial charge is 0.220 e. The summed E-state index contributed by atoms with van der Waals surface area (Å²) in [5.74, 6) is -0.282. The van der Waals surface area contributed by atoms with Gasteiger partial charge in [-0.1, -0.05) is 269 Å². The zero-order chi connectivity index (χ0) is 64.7. The summed E-state index contributed by atoms with van der Waals surface area (Å²) in [5.41, 5.74) is 0. The summed E-state index contributed by atoms with van der Waals surface area (Å²) in [6.45, 7) is 1.70. The van der Waals surface area contributed by atoms with Crippen LogP contribution in [0.5, 0.6) is 0 Å². The molecule has 0 radical (unpaired) electrons. The minimum atomic E-state index is -1.98. The van der Waals surface area contributed by atoms with Gasteiger partial charge in [-0.15, -0.1) is 0 Å². The summed E-state index contributed by atoms with van der Waals surface area (Å²) < 4.78 is 34.3. The van der Waals surface area contributed by atoms with Gasteiger partial charge in [0.1, 0.15) is 73.2 Å². The zero-order valence-corrected chi connectivity index (χ0v) is 55.4. The minimum Gasteiger partial charge on any atom is -0.394 e. The second-order valence-corrected chi connectivity index (χ2v) is 26.1. The molecule has 0 aromatic rings. The molecule has 3 aliphatic heterocycles. The van der Waals surface area contributed by atoms with Crippen molar-refractivity contribution in [3.63, 3.8) is 0 Å². The van der Waals surface area contributed by atoms with Gasteiger partial charge in [0.05, 0.1) is 38.6 Å². The van der Waals surface area contributed by atoms with Crippen molar-refractivity contribution >= 4 is 5.91 Å². The highest BCUT2D eigenvalue weighted by atomic mass is 16.8. The molecule has 3 rings (SSSR count). The van der Waals surface area contributed by atoms with Crippen LogP contribution < -0.4 is 5.32 Å². The molecule has 3 heterocycles. The third kappa shape index (κ3) is 34.5. The number of hydrogen-bond acceptors (Lipinski definition) is 18. The van der Waals surface area contributed by atoms with Gasteiger partial charge in [0.2, 0.25) is 5.91 Å². The third-order valence-electron chi connectivity index (χ3n) is 18.3. The molecule has 1 amide bonds. The SMILES string of the molecule is CCCCCCC/C=C/CC/C=C/C(O)C(COC1OC(CO)C(OC2OC(CO)C(OC3OC(CO)C(O)C(O)C3O)C(O)C2O)C(O)C1O)NC(=O)CCCCCCCCCCCCCCCCCCCCCCCCCCCCCCCCCCC. The summed E-state index contributed by atoms with van der Waals surface area (Å²) >= 11 is 0. The fraction of sp³-hybridized carbons (Fsp3) is 0.929. The van der Waals surface area contributed by atoms with E-state index in [1.54, 1.807) is 6.08 Å². The number of aliphatic hydroxyl groups is 11. The molecule has 89 heavy (non-hydrogen) atoms. The maximum atomic E-state index is 13.4. The van der Waals surface area contributed by atoms with Gasteiger partial charge in [0, 0.05) is 6.42 Å². The lowest BCUT2D eigenvalue weighted by Crippen LogP contribution is -2.66. The van der Waals surface area contributed by atoms with Gasteiger partial charge in [-0.2, -0.15) is 0 Å². The molecule has 17 unspecified atom stereocenters. The van der Waals surface area contributed by atoms with Gasteiger partial charge in [-0.3, -0.25) is 4.79 Å². The molecular weight excluding hydrogens is 1140 g/mol. The van der Waals surface area contributed by atoms with E-state index in [-0.39, 0.29) is 18.9 Å². The first kappa shape index (κ1) is 81.5. The van der Waals surface area contributed by atoms with Crippen LogP contribution in [0.25, 0.3) is 0 Å². The first-order chi connectivity index (χ1) is 43.3. The topological polar surface area (TPSA) is 307 Å². The summed E-state index contributed by atoms with van der Waals surface area (Å²) in [6.07, 6.45) is 33.5. The Labute approximate surface area is 537 Å². The Morgan fingerprint density at radius 1 is 0.393 bits per heavy atom. The van der Waals surface area contributed by atoms with E-state index in [0.717, 1.165) is 38.5 Å². The normalized spacial score (nSPS) is 28.3. The molecule has 3 fully saturated rings. The molecule has 19 nitrogen and oxygen atoms in total. The zero-order valence-electron chi connectivity index (χ0n) is 55.4. The molecule has 19 heteroatoms. The minimum absolute atomic E-state index is 0.240. The quantitative estimate of drug-likeness (QED) is 0.0199. The number of aliphatic hydroxyl groups excluding tert-OH is 11. The van der Waals surface area contributed by atoms with Crippen LogP contribution in [0.15, 0.2) is 24.3 Å².